The summed E-state index contributed by atoms with van der Waals surface area (Å²) in [5.41, 5.74) is 0.572. The minimum absolute atomic E-state index is 0.0683. The summed E-state index contributed by atoms with van der Waals surface area (Å²) in [4.78, 5) is 15.0. The van der Waals surface area contributed by atoms with Gasteiger partial charge in [0.1, 0.15) is 6.61 Å². The van der Waals surface area contributed by atoms with E-state index in [0.717, 1.165) is 19.6 Å². The first-order valence-electron chi connectivity index (χ1n) is 8.30. The van der Waals surface area contributed by atoms with E-state index in [1.54, 1.807) is 18.2 Å². The van der Waals surface area contributed by atoms with Gasteiger partial charge >= 0.3 is 0 Å². The van der Waals surface area contributed by atoms with Crippen molar-refractivity contribution in [2.24, 2.45) is 5.92 Å². The molecule has 1 unspecified atom stereocenters. The number of benzene rings is 1. The van der Waals surface area contributed by atoms with E-state index in [1.165, 1.54) is 12.8 Å². The maximum atomic E-state index is 12.6. The number of amides is 1. The number of carbonyl (C=O) groups is 1. The van der Waals surface area contributed by atoms with Crippen LogP contribution >= 0.6 is 0 Å². The second-order valence-corrected chi connectivity index (χ2v) is 6.61. The molecule has 1 aromatic carbocycles. The number of rotatable bonds is 3. The number of hydrogen-bond donors (Lipinski definition) is 2. The van der Waals surface area contributed by atoms with Crippen molar-refractivity contribution < 1.29 is 19.4 Å². The third-order valence-corrected chi connectivity index (χ3v) is 5.10. The van der Waals surface area contributed by atoms with Crippen molar-refractivity contribution in [1.82, 2.24) is 10.2 Å². The van der Waals surface area contributed by atoms with E-state index >= 15 is 0 Å². The van der Waals surface area contributed by atoms with Gasteiger partial charge in [0.15, 0.2) is 17.6 Å². The summed E-state index contributed by atoms with van der Waals surface area (Å²) in [6.07, 6.45) is 1.97. The first kappa shape index (κ1) is 14.8. The number of carbonyl (C=O) groups excluding carboxylic acids is 1. The summed E-state index contributed by atoms with van der Waals surface area (Å²) in [5, 5.41) is 12.4. The fourth-order valence-corrected chi connectivity index (χ4v) is 3.73. The molecule has 124 valence electrons. The Morgan fingerprint density at radius 1 is 1.30 bits per heavy atom. The number of aliphatic hydroxyl groups excluding tert-OH is 1. The molecule has 1 amide bonds. The van der Waals surface area contributed by atoms with Crippen LogP contribution in [0.25, 0.3) is 0 Å². The van der Waals surface area contributed by atoms with Gasteiger partial charge in [-0.25, -0.2) is 0 Å². The Morgan fingerprint density at radius 3 is 2.83 bits per heavy atom. The van der Waals surface area contributed by atoms with Crippen LogP contribution in [0.3, 0.4) is 0 Å². The molecule has 6 heteroatoms. The molecule has 4 heterocycles. The van der Waals surface area contributed by atoms with Gasteiger partial charge in [0, 0.05) is 18.2 Å². The van der Waals surface area contributed by atoms with Crippen molar-refractivity contribution in [1.29, 1.82) is 0 Å². The van der Waals surface area contributed by atoms with Gasteiger partial charge in [-0.3, -0.25) is 4.79 Å². The fraction of sp³-hybridized carbons (Fsp3) is 0.588. The smallest absolute Gasteiger partial charge is 0.251 e. The van der Waals surface area contributed by atoms with Crippen molar-refractivity contribution in [2.75, 3.05) is 32.8 Å². The van der Waals surface area contributed by atoms with E-state index in [4.69, 9.17) is 9.47 Å². The topological polar surface area (TPSA) is 71.0 Å². The Labute approximate surface area is 135 Å². The molecule has 3 fully saturated rings. The molecule has 23 heavy (non-hydrogen) atoms. The van der Waals surface area contributed by atoms with Crippen LogP contribution in [0.15, 0.2) is 18.2 Å². The standard InChI is InChI=1S/C17H22N2O4/c20-9-13-10-22-15-2-1-12(7-16(15)23-13)17(21)18-14-8-19-5-3-11(14)4-6-19/h1-2,7,11,13-14,20H,3-6,8-10H2,(H,18,21)/t13?,14-/m0/s1. The first-order valence-corrected chi connectivity index (χ1v) is 8.30. The molecule has 4 aliphatic heterocycles. The predicted octanol–water partition coefficient (Wildman–Crippen LogP) is 0.643. The molecule has 2 atom stereocenters. The molecular formula is C17H22N2O4. The van der Waals surface area contributed by atoms with Gasteiger partial charge in [-0.05, 0) is 50.0 Å². The highest BCUT2D eigenvalue weighted by atomic mass is 16.6. The average molecular weight is 318 g/mol. The molecule has 2 N–H and O–H groups in total. The summed E-state index contributed by atoms with van der Waals surface area (Å²) in [6, 6.07) is 5.46. The van der Waals surface area contributed by atoms with Crippen LogP contribution in [0.4, 0.5) is 0 Å². The molecule has 0 aromatic heterocycles. The molecule has 0 spiro atoms. The number of aliphatic hydroxyl groups is 1. The molecule has 5 rings (SSSR count). The van der Waals surface area contributed by atoms with E-state index in [0.29, 0.717) is 29.6 Å². The summed E-state index contributed by atoms with van der Waals surface area (Å²) in [6.45, 7) is 3.49. The van der Waals surface area contributed by atoms with Gasteiger partial charge in [-0.1, -0.05) is 0 Å². The van der Waals surface area contributed by atoms with E-state index in [2.05, 4.69) is 10.2 Å². The number of piperidine rings is 3. The van der Waals surface area contributed by atoms with Gasteiger partial charge in [-0.15, -0.1) is 0 Å². The number of nitrogens with zero attached hydrogens (tertiary/aromatic N) is 1. The maximum Gasteiger partial charge on any atom is 0.251 e. The van der Waals surface area contributed by atoms with Crippen LogP contribution in [0.2, 0.25) is 0 Å². The highest BCUT2D eigenvalue weighted by Gasteiger charge is 2.35. The minimum Gasteiger partial charge on any atom is -0.486 e. The second kappa shape index (κ2) is 6.02. The number of ether oxygens (including phenoxy) is 2. The van der Waals surface area contributed by atoms with E-state index in [-0.39, 0.29) is 24.7 Å². The SMILES string of the molecule is O=C(N[C@H]1CN2CCC1CC2)c1ccc2c(c1)OC(CO)CO2. The maximum absolute atomic E-state index is 12.6. The Hall–Kier alpha value is -1.79. The monoisotopic (exact) mass is 318 g/mol. The van der Waals surface area contributed by atoms with Crippen LogP contribution in [0.5, 0.6) is 11.5 Å². The van der Waals surface area contributed by atoms with E-state index in [9.17, 15) is 9.90 Å². The van der Waals surface area contributed by atoms with Crippen molar-refractivity contribution >= 4 is 5.91 Å². The third-order valence-electron chi connectivity index (χ3n) is 5.10. The molecule has 0 radical (unpaired) electrons. The molecule has 1 aromatic rings. The molecular weight excluding hydrogens is 296 g/mol. The molecule has 0 aliphatic carbocycles. The molecule has 0 saturated carbocycles. The van der Waals surface area contributed by atoms with Gasteiger partial charge in [-0.2, -0.15) is 0 Å². The Morgan fingerprint density at radius 2 is 2.13 bits per heavy atom. The number of fused-ring (bicyclic) bond motifs is 4. The van der Waals surface area contributed by atoms with E-state index < -0.39 is 0 Å². The summed E-state index contributed by atoms with van der Waals surface area (Å²) < 4.78 is 11.2. The highest BCUT2D eigenvalue weighted by Crippen LogP contribution is 2.33. The lowest BCUT2D eigenvalue weighted by Gasteiger charge is -2.44. The average Bonchev–Trinajstić information content (AvgIpc) is 2.61. The summed E-state index contributed by atoms with van der Waals surface area (Å²) in [7, 11) is 0. The largest absolute Gasteiger partial charge is 0.486 e. The Balaban J connectivity index is 1.46. The summed E-state index contributed by atoms with van der Waals surface area (Å²) >= 11 is 0. The quantitative estimate of drug-likeness (QED) is 0.856. The molecule has 4 aliphatic rings. The van der Waals surface area contributed by atoms with Gasteiger partial charge < -0.3 is 24.8 Å². The van der Waals surface area contributed by atoms with Crippen molar-refractivity contribution in [3.05, 3.63) is 23.8 Å². The van der Waals surface area contributed by atoms with Crippen LogP contribution in [0, 0.1) is 5.92 Å². The number of hydrogen-bond acceptors (Lipinski definition) is 5. The second-order valence-electron chi connectivity index (χ2n) is 6.61. The van der Waals surface area contributed by atoms with Crippen LogP contribution in [0.1, 0.15) is 23.2 Å². The Bertz CT molecular complexity index is 598. The van der Waals surface area contributed by atoms with Crippen LogP contribution in [-0.2, 0) is 0 Å². The van der Waals surface area contributed by atoms with Crippen molar-refractivity contribution in [3.8, 4) is 11.5 Å². The minimum atomic E-state index is -0.373. The highest BCUT2D eigenvalue weighted by molar-refractivity contribution is 5.95. The first-order chi connectivity index (χ1) is 11.2. The predicted molar refractivity (Wildman–Crippen MR) is 83.9 cm³/mol. The van der Waals surface area contributed by atoms with Gasteiger partial charge in [0.2, 0.25) is 0 Å². The van der Waals surface area contributed by atoms with Gasteiger partial charge in [0.25, 0.3) is 5.91 Å². The van der Waals surface area contributed by atoms with Crippen molar-refractivity contribution in [3.63, 3.8) is 0 Å². The summed E-state index contributed by atoms with van der Waals surface area (Å²) in [5.74, 6) is 1.67. The molecule has 2 bridgehead atoms. The van der Waals surface area contributed by atoms with Crippen molar-refractivity contribution in [2.45, 2.75) is 25.0 Å². The zero-order chi connectivity index (χ0) is 15.8. The normalized spacial score (nSPS) is 31.7. The zero-order valence-corrected chi connectivity index (χ0v) is 13.0. The molecule has 3 saturated heterocycles. The van der Waals surface area contributed by atoms with Crippen LogP contribution in [-0.4, -0.2) is 60.9 Å². The lowest BCUT2D eigenvalue weighted by molar-refractivity contribution is 0.0454. The van der Waals surface area contributed by atoms with Gasteiger partial charge in [0.05, 0.1) is 6.61 Å². The zero-order valence-electron chi connectivity index (χ0n) is 13.0. The molecule has 6 nitrogen and oxygen atoms in total. The number of nitrogens with one attached hydrogen (secondary N) is 1. The van der Waals surface area contributed by atoms with Crippen LogP contribution < -0.4 is 14.8 Å². The third kappa shape index (κ3) is 2.88. The lowest BCUT2D eigenvalue weighted by atomic mass is 9.84. The fourth-order valence-electron chi connectivity index (χ4n) is 3.73. The Kier molecular flexibility index (Phi) is 3.87. The van der Waals surface area contributed by atoms with E-state index in [1.807, 2.05) is 0 Å². The lowest BCUT2D eigenvalue weighted by Crippen LogP contribution is -2.57.